The van der Waals surface area contributed by atoms with E-state index in [4.69, 9.17) is 0 Å². The molecule has 0 aliphatic rings. The van der Waals surface area contributed by atoms with Crippen molar-refractivity contribution in [3.05, 3.63) is 84.4 Å². The zero-order valence-corrected chi connectivity index (χ0v) is 15.6. The van der Waals surface area contributed by atoms with Crippen molar-refractivity contribution in [1.29, 1.82) is 0 Å². The van der Waals surface area contributed by atoms with Crippen molar-refractivity contribution in [2.75, 3.05) is 10.0 Å². The monoisotopic (exact) mass is 366 g/mol. The molecule has 3 rings (SSSR count). The van der Waals surface area contributed by atoms with Crippen LogP contribution in [0.15, 0.2) is 83.8 Å². The summed E-state index contributed by atoms with van der Waals surface area (Å²) in [4.78, 5) is 0.258. The lowest BCUT2D eigenvalue weighted by molar-refractivity contribution is 0.601. The molecule has 0 spiro atoms. The lowest BCUT2D eigenvalue weighted by Gasteiger charge is -2.11. The van der Waals surface area contributed by atoms with Crippen LogP contribution in [-0.2, 0) is 10.0 Å². The Morgan fingerprint density at radius 3 is 1.81 bits per heavy atom. The summed E-state index contributed by atoms with van der Waals surface area (Å²) in [6.45, 7) is 4.15. The molecule has 3 aromatic carbocycles. The van der Waals surface area contributed by atoms with Gasteiger partial charge in [0.05, 0.1) is 4.90 Å². The Hall–Kier alpha value is -2.79. The average Bonchev–Trinajstić information content (AvgIpc) is 2.64. The first-order chi connectivity index (χ1) is 12.4. The van der Waals surface area contributed by atoms with E-state index in [2.05, 4.69) is 23.9 Å². The minimum Gasteiger partial charge on any atom is -0.356 e. The Morgan fingerprint density at radius 1 is 0.692 bits per heavy atom. The standard InChI is InChI=1S/C21H22N2O2S/c1-16(2)17-8-14-21(15-9-17)26(24,25)23-20-12-10-19(11-13-20)22-18-6-4-3-5-7-18/h3-16,22-23H,1-2H3. The third kappa shape index (κ3) is 4.43. The second kappa shape index (κ2) is 7.62. The van der Waals surface area contributed by atoms with Gasteiger partial charge in [0.2, 0.25) is 0 Å². The number of para-hydroxylation sites is 1. The van der Waals surface area contributed by atoms with Crippen molar-refractivity contribution in [2.45, 2.75) is 24.7 Å². The zero-order valence-electron chi connectivity index (χ0n) is 14.8. The minimum atomic E-state index is -3.60. The fourth-order valence-corrected chi connectivity index (χ4v) is 3.61. The van der Waals surface area contributed by atoms with E-state index in [0.29, 0.717) is 11.6 Å². The number of anilines is 3. The van der Waals surface area contributed by atoms with Crippen LogP contribution < -0.4 is 10.0 Å². The van der Waals surface area contributed by atoms with Gasteiger partial charge in [-0.25, -0.2) is 8.42 Å². The largest absolute Gasteiger partial charge is 0.356 e. The van der Waals surface area contributed by atoms with E-state index in [1.807, 2.05) is 54.6 Å². The molecular formula is C21H22N2O2S. The maximum absolute atomic E-state index is 12.5. The molecular weight excluding hydrogens is 344 g/mol. The molecule has 0 aliphatic heterocycles. The summed E-state index contributed by atoms with van der Waals surface area (Å²) in [6.07, 6.45) is 0. The molecule has 0 amide bonds. The van der Waals surface area contributed by atoms with Crippen LogP contribution in [0.25, 0.3) is 0 Å². The first-order valence-electron chi connectivity index (χ1n) is 8.49. The van der Waals surface area contributed by atoms with E-state index in [9.17, 15) is 8.42 Å². The fourth-order valence-electron chi connectivity index (χ4n) is 2.56. The van der Waals surface area contributed by atoms with Crippen LogP contribution >= 0.6 is 0 Å². The van der Waals surface area contributed by atoms with E-state index in [-0.39, 0.29) is 4.90 Å². The van der Waals surface area contributed by atoms with Crippen LogP contribution in [0, 0.1) is 0 Å². The summed E-state index contributed by atoms with van der Waals surface area (Å²) in [5.74, 6) is 0.365. The minimum absolute atomic E-state index is 0.258. The third-order valence-electron chi connectivity index (χ3n) is 4.06. The Morgan fingerprint density at radius 2 is 1.23 bits per heavy atom. The summed E-state index contributed by atoms with van der Waals surface area (Å²) in [5, 5.41) is 3.27. The van der Waals surface area contributed by atoms with Crippen LogP contribution in [0.4, 0.5) is 17.1 Å². The molecule has 0 atom stereocenters. The molecule has 5 heteroatoms. The smallest absolute Gasteiger partial charge is 0.261 e. The molecule has 26 heavy (non-hydrogen) atoms. The second-order valence-corrected chi connectivity index (χ2v) is 8.08. The van der Waals surface area contributed by atoms with Crippen molar-refractivity contribution in [3.63, 3.8) is 0 Å². The van der Waals surface area contributed by atoms with Gasteiger partial charge >= 0.3 is 0 Å². The van der Waals surface area contributed by atoms with E-state index in [1.165, 1.54) is 0 Å². The van der Waals surface area contributed by atoms with Gasteiger partial charge in [-0.2, -0.15) is 0 Å². The predicted octanol–water partition coefficient (Wildman–Crippen LogP) is 5.35. The van der Waals surface area contributed by atoms with Crippen molar-refractivity contribution in [3.8, 4) is 0 Å². The normalized spacial score (nSPS) is 11.3. The molecule has 0 aliphatic carbocycles. The molecule has 0 bridgehead atoms. The van der Waals surface area contributed by atoms with Crippen molar-refractivity contribution >= 4 is 27.1 Å². The van der Waals surface area contributed by atoms with E-state index < -0.39 is 10.0 Å². The van der Waals surface area contributed by atoms with Crippen molar-refractivity contribution in [2.24, 2.45) is 0 Å². The Balaban J connectivity index is 1.71. The van der Waals surface area contributed by atoms with E-state index in [0.717, 1.165) is 16.9 Å². The van der Waals surface area contributed by atoms with Gasteiger partial charge in [-0.3, -0.25) is 4.72 Å². The summed E-state index contributed by atoms with van der Waals surface area (Å²) < 4.78 is 27.7. The van der Waals surface area contributed by atoms with Gasteiger partial charge in [0.15, 0.2) is 0 Å². The summed E-state index contributed by atoms with van der Waals surface area (Å²) in [6, 6.07) is 24.0. The SMILES string of the molecule is CC(C)c1ccc(S(=O)(=O)Nc2ccc(Nc3ccccc3)cc2)cc1. The Bertz CT molecular complexity index is 949. The molecule has 134 valence electrons. The van der Waals surface area contributed by atoms with Gasteiger partial charge in [-0.05, 0) is 60.0 Å². The van der Waals surface area contributed by atoms with E-state index >= 15 is 0 Å². The highest BCUT2D eigenvalue weighted by atomic mass is 32.2. The number of hydrogen-bond donors (Lipinski definition) is 2. The second-order valence-electron chi connectivity index (χ2n) is 6.40. The highest BCUT2D eigenvalue weighted by Crippen LogP contribution is 2.22. The number of nitrogens with one attached hydrogen (secondary N) is 2. The van der Waals surface area contributed by atoms with E-state index in [1.54, 1.807) is 24.3 Å². The van der Waals surface area contributed by atoms with Crippen molar-refractivity contribution in [1.82, 2.24) is 0 Å². The van der Waals surface area contributed by atoms with Crippen molar-refractivity contribution < 1.29 is 8.42 Å². The summed E-state index contributed by atoms with van der Waals surface area (Å²) in [5.41, 5.74) is 3.50. The number of hydrogen-bond acceptors (Lipinski definition) is 3. The quantitative estimate of drug-likeness (QED) is 0.618. The Kier molecular flexibility index (Phi) is 5.28. The topological polar surface area (TPSA) is 58.2 Å². The van der Waals surface area contributed by atoms with Gasteiger partial charge in [-0.1, -0.05) is 44.2 Å². The van der Waals surface area contributed by atoms with Crippen LogP contribution in [0.3, 0.4) is 0 Å². The van der Waals surface area contributed by atoms with Gasteiger partial charge in [0.1, 0.15) is 0 Å². The molecule has 3 aromatic rings. The average molecular weight is 366 g/mol. The fraction of sp³-hybridized carbons (Fsp3) is 0.143. The highest BCUT2D eigenvalue weighted by Gasteiger charge is 2.14. The molecule has 4 nitrogen and oxygen atoms in total. The first kappa shape index (κ1) is 18.0. The van der Waals surface area contributed by atoms with Gasteiger partial charge in [0, 0.05) is 17.1 Å². The van der Waals surface area contributed by atoms with Gasteiger partial charge in [0.25, 0.3) is 10.0 Å². The number of benzene rings is 3. The summed E-state index contributed by atoms with van der Waals surface area (Å²) >= 11 is 0. The molecule has 0 fully saturated rings. The van der Waals surface area contributed by atoms with Gasteiger partial charge < -0.3 is 5.32 Å². The maximum atomic E-state index is 12.5. The molecule has 0 radical (unpaired) electrons. The molecule has 0 heterocycles. The third-order valence-corrected chi connectivity index (χ3v) is 5.45. The molecule has 2 N–H and O–H groups in total. The zero-order chi connectivity index (χ0) is 18.6. The molecule has 0 saturated heterocycles. The lowest BCUT2D eigenvalue weighted by atomic mass is 10.0. The van der Waals surface area contributed by atoms with Crippen LogP contribution in [0.5, 0.6) is 0 Å². The predicted molar refractivity (Wildman–Crippen MR) is 108 cm³/mol. The first-order valence-corrected chi connectivity index (χ1v) is 9.97. The lowest BCUT2D eigenvalue weighted by Crippen LogP contribution is -2.13. The Labute approximate surface area is 155 Å². The molecule has 0 saturated carbocycles. The maximum Gasteiger partial charge on any atom is 0.261 e. The molecule has 0 aromatic heterocycles. The van der Waals surface area contributed by atoms with Crippen LogP contribution in [0.1, 0.15) is 25.3 Å². The molecule has 0 unspecified atom stereocenters. The van der Waals surface area contributed by atoms with Crippen LogP contribution in [0.2, 0.25) is 0 Å². The number of rotatable bonds is 6. The highest BCUT2D eigenvalue weighted by molar-refractivity contribution is 7.92. The number of sulfonamides is 1. The van der Waals surface area contributed by atoms with Crippen LogP contribution in [-0.4, -0.2) is 8.42 Å². The summed E-state index contributed by atoms with van der Waals surface area (Å²) in [7, 11) is -3.60. The van der Waals surface area contributed by atoms with Gasteiger partial charge in [-0.15, -0.1) is 0 Å².